The van der Waals surface area contributed by atoms with E-state index in [0.29, 0.717) is 29.0 Å². The summed E-state index contributed by atoms with van der Waals surface area (Å²) in [7, 11) is -2.10. The standard InChI is InChI=1S/C16H18Cl2N4O4S/c1-20-12(8-13(17)16(20)18)10-19-14-5-4-11(22(23)24)9-15(14)27(25,26)21-6-2-3-7-21/h4-5,8-9,19H,2-3,6-7,10H2,1H3. The van der Waals surface area contributed by atoms with Crippen molar-refractivity contribution in [3.63, 3.8) is 0 Å². The van der Waals surface area contributed by atoms with Gasteiger partial charge in [0.1, 0.15) is 10.0 Å². The van der Waals surface area contributed by atoms with Crippen molar-refractivity contribution in [1.82, 2.24) is 8.87 Å². The lowest BCUT2D eigenvalue weighted by molar-refractivity contribution is -0.385. The molecular weight excluding hydrogens is 415 g/mol. The molecule has 0 saturated carbocycles. The lowest BCUT2D eigenvalue weighted by Gasteiger charge is -2.19. The number of hydrogen-bond donors (Lipinski definition) is 1. The summed E-state index contributed by atoms with van der Waals surface area (Å²) in [6.45, 7) is 1.07. The number of nitrogens with one attached hydrogen (secondary N) is 1. The summed E-state index contributed by atoms with van der Waals surface area (Å²) < 4.78 is 29.0. The van der Waals surface area contributed by atoms with Crippen LogP contribution in [0.3, 0.4) is 0 Å². The highest BCUT2D eigenvalue weighted by atomic mass is 35.5. The number of aromatic nitrogens is 1. The second-order valence-electron chi connectivity index (χ2n) is 6.24. The molecule has 0 spiro atoms. The van der Waals surface area contributed by atoms with Crippen molar-refractivity contribution in [3.8, 4) is 0 Å². The van der Waals surface area contributed by atoms with Gasteiger partial charge in [0.2, 0.25) is 10.0 Å². The Morgan fingerprint density at radius 2 is 1.89 bits per heavy atom. The smallest absolute Gasteiger partial charge is 0.270 e. The maximum Gasteiger partial charge on any atom is 0.270 e. The van der Waals surface area contributed by atoms with Crippen molar-refractivity contribution in [2.75, 3.05) is 18.4 Å². The van der Waals surface area contributed by atoms with Gasteiger partial charge in [0.25, 0.3) is 5.69 Å². The van der Waals surface area contributed by atoms with Gasteiger partial charge in [0.15, 0.2) is 0 Å². The fourth-order valence-corrected chi connectivity index (χ4v) is 5.12. The molecule has 1 aliphatic rings. The minimum atomic E-state index is -3.84. The summed E-state index contributed by atoms with van der Waals surface area (Å²) in [5.74, 6) is 0. The summed E-state index contributed by atoms with van der Waals surface area (Å²) in [6.07, 6.45) is 1.55. The van der Waals surface area contributed by atoms with Crippen LogP contribution in [-0.2, 0) is 23.6 Å². The van der Waals surface area contributed by atoms with E-state index in [9.17, 15) is 18.5 Å². The zero-order valence-corrected chi connectivity index (χ0v) is 16.8. The molecule has 0 radical (unpaired) electrons. The number of nitro groups is 1. The third-order valence-corrected chi connectivity index (χ3v) is 7.32. The van der Waals surface area contributed by atoms with Gasteiger partial charge < -0.3 is 9.88 Å². The van der Waals surface area contributed by atoms with Crippen molar-refractivity contribution in [3.05, 3.63) is 50.2 Å². The van der Waals surface area contributed by atoms with Crippen LogP contribution in [0.2, 0.25) is 10.2 Å². The summed E-state index contributed by atoms with van der Waals surface area (Å²) >= 11 is 12.1. The van der Waals surface area contributed by atoms with Gasteiger partial charge in [-0.25, -0.2) is 8.42 Å². The molecule has 27 heavy (non-hydrogen) atoms. The second kappa shape index (κ2) is 7.67. The van der Waals surface area contributed by atoms with E-state index < -0.39 is 14.9 Å². The van der Waals surface area contributed by atoms with E-state index >= 15 is 0 Å². The van der Waals surface area contributed by atoms with Crippen LogP contribution in [0.1, 0.15) is 18.5 Å². The van der Waals surface area contributed by atoms with Gasteiger partial charge in [-0.3, -0.25) is 10.1 Å². The van der Waals surface area contributed by atoms with Gasteiger partial charge >= 0.3 is 0 Å². The third-order valence-electron chi connectivity index (χ3n) is 4.53. The molecule has 0 amide bonds. The van der Waals surface area contributed by atoms with E-state index in [1.807, 2.05) is 0 Å². The zero-order valence-electron chi connectivity index (χ0n) is 14.5. The Morgan fingerprint density at radius 3 is 2.44 bits per heavy atom. The monoisotopic (exact) mass is 432 g/mol. The van der Waals surface area contributed by atoms with Gasteiger partial charge in [-0.05, 0) is 25.0 Å². The highest BCUT2D eigenvalue weighted by Crippen LogP contribution is 2.32. The molecule has 0 atom stereocenters. The molecule has 0 aliphatic carbocycles. The summed E-state index contributed by atoms with van der Waals surface area (Å²) in [4.78, 5) is 10.4. The van der Waals surface area contributed by atoms with Crippen LogP contribution >= 0.6 is 23.2 Å². The molecule has 2 aromatic rings. The molecular formula is C16H18Cl2N4O4S. The minimum Gasteiger partial charge on any atom is -0.378 e. The highest BCUT2D eigenvalue weighted by molar-refractivity contribution is 7.89. The largest absolute Gasteiger partial charge is 0.378 e. The van der Waals surface area contributed by atoms with Crippen molar-refractivity contribution in [2.45, 2.75) is 24.3 Å². The minimum absolute atomic E-state index is 0.106. The number of nitrogens with zero attached hydrogens (tertiary/aromatic N) is 3. The fourth-order valence-electron chi connectivity index (χ4n) is 3.00. The number of rotatable bonds is 6. The van der Waals surface area contributed by atoms with Gasteiger partial charge in [0, 0.05) is 38.0 Å². The number of anilines is 1. The molecule has 1 saturated heterocycles. The molecule has 2 heterocycles. The molecule has 11 heteroatoms. The lowest BCUT2D eigenvalue weighted by atomic mass is 10.2. The van der Waals surface area contributed by atoms with Crippen LogP contribution in [0.25, 0.3) is 0 Å². The first-order valence-corrected chi connectivity index (χ1v) is 10.4. The fraction of sp³-hybridized carbons (Fsp3) is 0.375. The van der Waals surface area contributed by atoms with Gasteiger partial charge in [-0.15, -0.1) is 0 Å². The molecule has 8 nitrogen and oxygen atoms in total. The van der Waals surface area contributed by atoms with E-state index in [4.69, 9.17) is 23.2 Å². The topological polar surface area (TPSA) is 97.5 Å². The number of benzene rings is 1. The quantitative estimate of drug-likeness (QED) is 0.554. The number of sulfonamides is 1. The highest BCUT2D eigenvalue weighted by Gasteiger charge is 2.31. The number of non-ortho nitro benzene ring substituents is 1. The molecule has 1 fully saturated rings. The number of nitro benzene ring substituents is 1. The summed E-state index contributed by atoms with van der Waals surface area (Å²) in [5, 5.41) is 14.9. The van der Waals surface area contributed by atoms with Crippen LogP contribution in [0, 0.1) is 10.1 Å². The maximum atomic E-state index is 13.0. The Bertz CT molecular complexity index is 985. The van der Waals surface area contributed by atoms with Crippen molar-refractivity contribution in [2.24, 2.45) is 7.05 Å². The predicted octanol–water partition coefficient (Wildman–Crippen LogP) is 3.64. The molecule has 1 N–H and O–H groups in total. The molecule has 3 rings (SSSR count). The first kappa shape index (κ1) is 19.9. The average Bonchev–Trinajstić information content (AvgIpc) is 3.25. The summed E-state index contributed by atoms with van der Waals surface area (Å²) in [5.41, 5.74) is 0.761. The van der Waals surface area contributed by atoms with Crippen LogP contribution in [0.5, 0.6) is 0 Å². The Balaban J connectivity index is 1.96. The molecule has 1 aliphatic heterocycles. The lowest BCUT2D eigenvalue weighted by Crippen LogP contribution is -2.28. The average molecular weight is 433 g/mol. The van der Waals surface area contributed by atoms with E-state index in [2.05, 4.69) is 5.32 Å². The summed E-state index contributed by atoms with van der Waals surface area (Å²) in [6, 6.07) is 5.46. The predicted molar refractivity (Wildman–Crippen MR) is 104 cm³/mol. The van der Waals surface area contributed by atoms with Crippen LogP contribution < -0.4 is 5.32 Å². The number of halogens is 2. The van der Waals surface area contributed by atoms with Crippen LogP contribution in [0.15, 0.2) is 29.2 Å². The molecule has 1 aromatic carbocycles. The first-order valence-electron chi connectivity index (χ1n) is 8.24. The molecule has 0 unspecified atom stereocenters. The van der Waals surface area contributed by atoms with E-state index in [1.54, 1.807) is 17.7 Å². The van der Waals surface area contributed by atoms with Crippen molar-refractivity contribution < 1.29 is 13.3 Å². The normalized spacial score (nSPS) is 15.2. The van der Waals surface area contributed by atoms with Gasteiger partial charge in [-0.1, -0.05) is 23.2 Å². The molecule has 0 bridgehead atoms. The van der Waals surface area contributed by atoms with Crippen molar-refractivity contribution in [1.29, 1.82) is 0 Å². The van der Waals surface area contributed by atoms with E-state index in [-0.39, 0.29) is 17.1 Å². The Hall–Kier alpha value is -1.81. The number of hydrogen-bond acceptors (Lipinski definition) is 5. The van der Waals surface area contributed by atoms with Crippen LogP contribution in [0.4, 0.5) is 11.4 Å². The second-order valence-corrected chi connectivity index (χ2v) is 8.91. The van der Waals surface area contributed by atoms with Crippen LogP contribution in [-0.4, -0.2) is 35.3 Å². The Morgan fingerprint density at radius 1 is 1.22 bits per heavy atom. The first-order chi connectivity index (χ1) is 12.7. The SMILES string of the molecule is Cn1c(CNc2ccc([N+](=O)[O-])cc2S(=O)(=O)N2CCCC2)cc(Cl)c1Cl. The maximum absolute atomic E-state index is 13.0. The van der Waals surface area contributed by atoms with Crippen molar-refractivity contribution >= 4 is 44.6 Å². The van der Waals surface area contributed by atoms with E-state index in [1.165, 1.54) is 16.4 Å². The molecule has 1 aromatic heterocycles. The van der Waals surface area contributed by atoms with Gasteiger partial charge in [-0.2, -0.15) is 4.31 Å². The Labute approximate surface area is 166 Å². The third kappa shape index (κ3) is 3.91. The molecule has 146 valence electrons. The van der Waals surface area contributed by atoms with Gasteiger partial charge in [0.05, 0.1) is 22.2 Å². The zero-order chi connectivity index (χ0) is 19.8. The van der Waals surface area contributed by atoms with E-state index in [0.717, 1.165) is 24.6 Å². The Kier molecular flexibility index (Phi) is 5.66.